The van der Waals surface area contributed by atoms with Crippen LogP contribution < -0.4 is 5.32 Å². The number of fused-ring (bicyclic) bond motifs is 1. The largest absolute Gasteiger partial charge is 0.472 e. The van der Waals surface area contributed by atoms with Crippen LogP contribution in [0.1, 0.15) is 29.6 Å². The highest BCUT2D eigenvalue weighted by atomic mass is 16.3. The van der Waals surface area contributed by atoms with Gasteiger partial charge in [0.1, 0.15) is 6.26 Å². The minimum Gasteiger partial charge on any atom is -0.472 e. The molecule has 2 fully saturated rings. The van der Waals surface area contributed by atoms with E-state index in [0.717, 1.165) is 32.4 Å². The van der Waals surface area contributed by atoms with Crippen LogP contribution in [0.25, 0.3) is 0 Å². The lowest BCUT2D eigenvalue weighted by atomic mass is 9.61. The molecule has 1 aliphatic carbocycles. The van der Waals surface area contributed by atoms with Crippen LogP contribution in [0.5, 0.6) is 0 Å². The molecule has 7 nitrogen and oxygen atoms in total. The Hall–Kier alpha value is -2.57. The molecule has 2 amide bonds. The Morgan fingerprint density at radius 3 is 3.08 bits per heavy atom. The zero-order valence-electron chi connectivity index (χ0n) is 14.7. The van der Waals surface area contributed by atoms with E-state index in [4.69, 9.17) is 4.42 Å². The van der Waals surface area contributed by atoms with Crippen LogP contribution in [0.4, 0.5) is 0 Å². The maximum absolute atomic E-state index is 12.5. The van der Waals surface area contributed by atoms with E-state index in [1.807, 2.05) is 21.8 Å². The third-order valence-electron chi connectivity index (χ3n) is 5.69. The average Bonchev–Trinajstić information content (AvgIpc) is 3.33. The molecule has 2 aromatic heterocycles. The number of likely N-dealkylation sites (tertiary alicyclic amines) is 1. The van der Waals surface area contributed by atoms with Crippen LogP contribution in [0, 0.1) is 17.8 Å². The molecule has 7 heteroatoms. The molecule has 26 heavy (non-hydrogen) atoms. The van der Waals surface area contributed by atoms with Gasteiger partial charge < -0.3 is 14.6 Å². The zero-order valence-corrected chi connectivity index (χ0v) is 14.7. The number of rotatable bonds is 6. The van der Waals surface area contributed by atoms with Gasteiger partial charge in [0, 0.05) is 44.5 Å². The number of piperidine rings is 1. The van der Waals surface area contributed by atoms with E-state index in [1.165, 1.54) is 12.5 Å². The standard InChI is InChI=1S/C19H24N4O3/c24-18(20-5-1-7-23-8-2-6-21-23)16-11-14-3-9-22(12-17(14)16)19(25)15-4-10-26-13-15/h2,4,6,8,10,13-14,16-17H,1,3,5,7,9,11-12H2,(H,20,24)/t14-,16-,17-/m1/s1. The Bertz CT molecular complexity index is 741. The van der Waals surface area contributed by atoms with Crippen molar-refractivity contribution in [1.29, 1.82) is 0 Å². The molecule has 0 spiro atoms. The van der Waals surface area contributed by atoms with E-state index in [0.29, 0.717) is 24.6 Å². The van der Waals surface area contributed by atoms with Gasteiger partial charge in [-0.05, 0) is 43.2 Å². The van der Waals surface area contributed by atoms with E-state index in [-0.39, 0.29) is 23.7 Å². The lowest BCUT2D eigenvalue weighted by molar-refractivity contribution is -0.136. The van der Waals surface area contributed by atoms with Gasteiger partial charge in [-0.15, -0.1) is 0 Å². The second kappa shape index (κ2) is 7.35. The Balaban J connectivity index is 1.25. The second-order valence-corrected chi connectivity index (χ2v) is 7.23. The van der Waals surface area contributed by atoms with Gasteiger partial charge in [-0.2, -0.15) is 5.10 Å². The highest BCUT2D eigenvalue weighted by Crippen LogP contribution is 2.45. The molecule has 0 aromatic carbocycles. The van der Waals surface area contributed by atoms with Crippen molar-refractivity contribution in [2.45, 2.75) is 25.8 Å². The van der Waals surface area contributed by atoms with Gasteiger partial charge in [-0.1, -0.05) is 0 Å². The maximum Gasteiger partial charge on any atom is 0.257 e. The van der Waals surface area contributed by atoms with Crippen LogP contribution >= 0.6 is 0 Å². The number of hydrogen-bond donors (Lipinski definition) is 1. The first-order valence-electron chi connectivity index (χ1n) is 9.29. The van der Waals surface area contributed by atoms with Crippen molar-refractivity contribution in [2.75, 3.05) is 19.6 Å². The summed E-state index contributed by atoms with van der Waals surface area (Å²) in [5.74, 6) is 1.02. The van der Waals surface area contributed by atoms with Gasteiger partial charge in [0.05, 0.1) is 11.8 Å². The second-order valence-electron chi connectivity index (χ2n) is 7.23. The number of nitrogens with one attached hydrogen (secondary N) is 1. The Labute approximate surface area is 152 Å². The molecule has 2 aromatic rings. The van der Waals surface area contributed by atoms with Crippen LogP contribution in [0.3, 0.4) is 0 Å². The van der Waals surface area contributed by atoms with E-state index >= 15 is 0 Å². The molecule has 1 N–H and O–H groups in total. The molecule has 1 aliphatic heterocycles. The lowest BCUT2D eigenvalue weighted by Crippen LogP contribution is -2.56. The van der Waals surface area contributed by atoms with Crippen LogP contribution in [0.2, 0.25) is 0 Å². The third-order valence-corrected chi connectivity index (χ3v) is 5.69. The van der Waals surface area contributed by atoms with Crippen LogP contribution in [0.15, 0.2) is 41.5 Å². The molecule has 138 valence electrons. The molecule has 4 rings (SSSR count). The average molecular weight is 356 g/mol. The minimum atomic E-state index is 0.00230. The summed E-state index contributed by atoms with van der Waals surface area (Å²) < 4.78 is 6.88. The van der Waals surface area contributed by atoms with Crippen molar-refractivity contribution in [2.24, 2.45) is 17.8 Å². The normalized spacial score (nSPS) is 24.6. The first-order chi connectivity index (χ1) is 12.7. The molecule has 1 saturated heterocycles. The van der Waals surface area contributed by atoms with Crippen LogP contribution in [-0.2, 0) is 11.3 Å². The monoisotopic (exact) mass is 356 g/mol. The number of nitrogens with zero attached hydrogens (tertiary/aromatic N) is 3. The third kappa shape index (κ3) is 3.38. The highest BCUT2D eigenvalue weighted by molar-refractivity contribution is 5.94. The van der Waals surface area contributed by atoms with Crippen molar-refractivity contribution >= 4 is 11.8 Å². The number of carbonyl (C=O) groups excluding carboxylic acids is 2. The van der Waals surface area contributed by atoms with Gasteiger partial charge in [-0.3, -0.25) is 14.3 Å². The Kier molecular flexibility index (Phi) is 4.77. The molecule has 2 aliphatic rings. The predicted octanol–water partition coefficient (Wildman–Crippen LogP) is 1.78. The number of aromatic nitrogens is 2. The quantitative estimate of drug-likeness (QED) is 0.800. The van der Waals surface area contributed by atoms with Crippen molar-refractivity contribution in [3.8, 4) is 0 Å². The van der Waals surface area contributed by atoms with Crippen molar-refractivity contribution in [3.63, 3.8) is 0 Å². The first-order valence-corrected chi connectivity index (χ1v) is 9.29. The van der Waals surface area contributed by atoms with Gasteiger partial charge in [0.2, 0.25) is 5.91 Å². The van der Waals surface area contributed by atoms with E-state index in [9.17, 15) is 9.59 Å². The summed E-state index contributed by atoms with van der Waals surface area (Å²) in [7, 11) is 0. The molecular weight excluding hydrogens is 332 g/mol. The van der Waals surface area contributed by atoms with Crippen molar-refractivity contribution in [1.82, 2.24) is 20.0 Å². The summed E-state index contributed by atoms with van der Waals surface area (Å²) in [6, 6.07) is 3.59. The fourth-order valence-electron chi connectivity index (χ4n) is 4.16. The summed E-state index contributed by atoms with van der Waals surface area (Å²) >= 11 is 0. The molecule has 0 bridgehead atoms. The number of aryl methyl sites for hydroxylation is 1. The smallest absolute Gasteiger partial charge is 0.257 e. The Morgan fingerprint density at radius 1 is 1.38 bits per heavy atom. The topological polar surface area (TPSA) is 80.4 Å². The van der Waals surface area contributed by atoms with Gasteiger partial charge in [0.25, 0.3) is 5.91 Å². The van der Waals surface area contributed by atoms with E-state index in [1.54, 1.807) is 12.3 Å². The van der Waals surface area contributed by atoms with E-state index < -0.39 is 0 Å². The summed E-state index contributed by atoms with van der Waals surface area (Å²) in [4.78, 5) is 26.9. The molecule has 0 unspecified atom stereocenters. The molecule has 0 radical (unpaired) electrons. The molecular formula is C19H24N4O3. The Morgan fingerprint density at radius 2 is 2.31 bits per heavy atom. The summed E-state index contributed by atoms with van der Waals surface area (Å²) in [6.45, 7) is 2.89. The summed E-state index contributed by atoms with van der Waals surface area (Å²) in [6.07, 6.45) is 9.47. The van der Waals surface area contributed by atoms with Gasteiger partial charge in [-0.25, -0.2) is 0 Å². The molecule has 1 saturated carbocycles. The maximum atomic E-state index is 12.5. The highest BCUT2D eigenvalue weighted by Gasteiger charge is 2.48. The summed E-state index contributed by atoms with van der Waals surface area (Å²) in [5, 5.41) is 7.21. The van der Waals surface area contributed by atoms with Gasteiger partial charge >= 0.3 is 0 Å². The fraction of sp³-hybridized carbons (Fsp3) is 0.526. The fourth-order valence-corrected chi connectivity index (χ4v) is 4.16. The lowest BCUT2D eigenvalue weighted by Gasteiger charge is -2.50. The first kappa shape index (κ1) is 16.9. The van der Waals surface area contributed by atoms with Crippen LogP contribution in [-0.4, -0.2) is 46.1 Å². The number of amides is 2. The summed E-state index contributed by atoms with van der Waals surface area (Å²) in [5.41, 5.74) is 0.586. The van der Waals surface area contributed by atoms with E-state index in [2.05, 4.69) is 10.4 Å². The molecule has 3 atom stereocenters. The minimum absolute atomic E-state index is 0.00230. The SMILES string of the molecule is O=C(NCCCn1cccn1)[C@@H]1C[C@H]2CCN(C(=O)c3ccoc3)C[C@H]21. The number of carbonyl (C=O) groups is 2. The van der Waals surface area contributed by atoms with Gasteiger partial charge in [0.15, 0.2) is 0 Å². The van der Waals surface area contributed by atoms with Crippen molar-refractivity contribution < 1.29 is 14.0 Å². The van der Waals surface area contributed by atoms with Crippen molar-refractivity contribution in [3.05, 3.63) is 42.6 Å². The molecule has 3 heterocycles. The number of furan rings is 1. The number of hydrogen-bond acceptors (Lipinski definition) is 4. The zero-order chi connectivity index (χ0) is 17.9. The predicted molar refractivity (Wildman–Crippen MR) is 94.2 cm³/mol.